The zero-order valence-corrected chi connectivity index (χ0v) is 20.4. The minimum absolute atomic E-state index is 0.119. The van der Waals surface area contributed by atoms with Gasteiger partial charge in [-0.15, -0.1) is 0 Å². The molecule has 2 aromatic carbocycles. The lowest BCUT2D eigenvalue weighted by Crippen LogP contribution is -2.67. The maximum atomic E-state index is 11.4. The summed E-state index contributed by atoms with van der Waals surface area (Å²) in [5.41, 5.74) is -0.310. The molecule has 1 heterocycles. The number of hydrogen-bond acceptors (Lipinski definition) is 4. The van der Waals surface area contributed by atoms with Crippen LogP contribution in [0.2, 0.25) is 5.04 Å². The molecule has 0 saturated carbocycles. The van der Waals surface area contributed by atoms with Crippen molar-refractivity contribution in [3.63, 3.8) is 0 Å². The summed E-state index contributed by atoms with van der Waals surface area (Å²) in [5, 5.41) is 13.7. The SMILES string of the molecule is CC1(C)O[C@@H]2C=C(CO[Si](c3ccccc3)(c3ccccc3)C(C)(C)C)[C@](C)(O)[C@H]2O1. The molecule has 5 heteroatoms. The number of hydrogen-bond donors (Lipinski definition) is 1. The average molecular weight is 439 g/mol. The molecule has 4 nitrogen and oxygen atoms in total. The molecule has 4 rings (SSSR count). The first kappa shape index (κ1) is 22.4. The molecule has 1 fully saturated rings. The second-order valence-electron chi connectivity index (χ2n) is 10.3. The molecule has 3 atom stereocenters. The Morgan fingerprint density at radius 1 is 0.903 bits per heavy atom. The third kappa shape index (κ3) is 3.83. The van der Waals surface area contributed by atoms with E-state index >= 15 is 0 Å². The van der Waals surface area contributed by atoms with Crippen LogP contribution in [0.25, 0.3) is 0 Å². The highest BCUT2D eigenvalue weighted by Crippen LogP contribution is 2.44. The largest absolute Gasteiger partial charge is 0.403 e. The summed E-state index contributed by atoms with van der Waals surface area (Å²) in [6, 6.07) is 21.1. The normalized spacial score (nSPS) is 27.8. The van der Waals surface area contributed by atoms with Gasteiger partial charge in [-0.25, -0.2) is 0 Å². The average Bonchev–Trinajstić information content (AvgIpc) is 3.13. The van der Waals surface area contributed by atoms with Crippen LogP contribution in [0.5, 0.6) is 0 Å². The summed E-state index contributed by atoms with van der Waals surface area (Å²) in [7, 11) is -2.68. The van der Waals surface area contributed by atoms with E-state index in [-0.39, 0.29) is 11.1 Å². The minimum Gasteiger partial charge on any atom is -0.403 e. The number of benzene rings is 2. The van der Waals surface area contributed by atoms with Crippen LogP contribution in [0.4, 0.5) is 0 Å². The first-order chi connectivity index (χ1) is 14.5. The molecular formula is C26H34O4Si. The maximum Gasteiger partial charge on any atom is 0.261 e. The van der Waals surface area contributed by atoms with E-state index in [1.165, 1.54) is 10.4 Å². The molecule has 1 aliphatic carbocycles. The number of ether oxygens (including phenoxy) is 2. The van der Waals surface area contributed by atoms with Crippen LogP contribution in [-0.4, -0.2) is 43.6 Å². The molecule has 1 N–H and O–H groups in total. The molecule has 31 heavy (non-hydrogen) atoms. The molecule has 0 bridgehead atoms. The van der Waals surface area contributed by atoms with Crippen LogP contribution >= 0.6 is 0 Å². The van der Waals surface area contributed by atoms with Gasteiger partial charge in [-0.05, 0) is 47.8 Å². The van der Waals surface area contributed by atoms with Gasteiger partial charge in [0.2, 0.25) is 0 Å². The molecule has 0 aromatic heterocycles. The van der Waals surface area contributed by atoms with Crippen molar-refractivity contribution in [2.24, 2.45) is 0 Å². The van der Waals surface area contributed by atoms with E-state index < -0.39 is 25.8 Å². The van der Waals surface area contributed by atoms with Gasteiger partial charge in [-0.2, -0.15) is 0 Å². The van der Waals surface area contributed by atoms with Gasteiger partial charge >= 0.3 is 0 Å². The second kappa shape index (κ2) is 7.68. The Morgan fingerprint density at radius 2 is 1.42 bits per heavy atom. The lowest BCUT2D eigenvalue weighted by atomic mass is 9.96. The third-order valence-corrected chi connectivity index (χ3v) is 11.5. The van der Waals surface area contributed by atoms with Gasteiger partial charge < -0.3 is 19.0 Å². The predicted molar refractivity (Wildman–Crippen MR) is 126 cm³/mol. The molecule has 0 amide bonds. The van der Waals surface area contributed by atoms with Crippen LogP contribution in [0.15, 0.2) is 72.3 Å². The molecule has 166 valence electrons. The molecule has 0 spiro atoms. The van der Waals surface area contributed by atoms with Crippen molar-refractivity contribution in [3.8, 4) is 0 Å². The summed E-state index contributed by atoms with van der Waals surface area (Å²) < 4.78 is 19.0. The molecule has 0 unspecified atom stereocenters. The zero-order valence-electron chi connectivity index (χ0n) is 19.4. The highest BCUT2D eigenvalue weighted by molar-refractivity contribution is 6.99. The van der Waals surface area contributed by atoms with Crippen molar-refractivity contribution in [2.45, 2.75) is 70.2 Å². The lowest BCUT2D eigenvalue weighted by Gasteiger charge is -2.43. The van der Waals surface area contributed by atoms with Crippen LogP contribution in [0, 0.1) is 0 Å². The van der Waals surface area contributed by atoms with Gasteiger partial charge in [0.25, 0.3) is 8.32 Å². The molecule has 2 aliphatic rings. The Bertz CT molecular complexity index is 905. The Balaban J connectivity index is 1.73. The fraction of sp³-hybridized carbons (Fsp3) is 0.462. The standard InChI is InChI=1S/C26H34O4Si/c1-24(2,3)31(20-13-9-7-10-14-20,21-15-11-8-12-16-21)28-18-19-17-22-23(26(19,6)27)30-25(4,5)29-22/h7-17,22-23,27H,18H2,1-6H3/t22-,23+,26+/m1/s1. The first-order valence-corrected chi connectivity index (χ1v) is 12.9. The summed E-state index contributed by atoms with van der Waals surface area (Å²) in [6.45, 7) is 12.7. The Morgan fingerprint density at radius 3 is 1.87 bits per heavy atom. The van der Waals surface area contributed by atoms with E-state index in [2.05, 4.69) is 69.3 Å². The van der Waals surface area contributed by atoms with Crippen LogP contribution in [-0.2, 0) is 13.9 Å². The van der Waals surface area contributed by atoms with Gasteiger partial charge in [-0.1, -0.05) is 81.4 Å². The van der Waals surface area contributed by atoms with Gasteiger partial charge in [-0.3, -0.25) is 0 Å². The number of fused-ring (bicyclic) bond motifs is 1. The van der Waals surface area contributed by atoms with Crippen molar-refractivity contribution in [1.82, 2.24) is 0 Å². The van der Waals surface area contributed by atoms with Gasteiger partial charge in [0.1, 0.15) is 17.8 Å². The predicted octanol–water partition coefficient (Wildman–Crippen LogP) is 3.77. The van der Waals surface area contributed by atoms with Crippen molar-refractivity contribution in [3.05, 3.63) is 72.3 Å². The molecular weight excluding hydrogens is 404 g/mol. The fourth-order valence-electron chi connectivity index (χ4n) is 5.04. The van der Waals surface area contributed by atoms with E-state index in [4.69, 9.17) is 13.9 Å². The van der Waals surface area contributed by atoms with Crippen molar-refractivity contribution in [2.75, 3.05) is 6.61 Å². The second-order valence-corrected chi connectivity index (χ2v) is 14.6. The molecule has 2 aromatic rings. The summed E-state index contributed by atoms with van der Waals surface area (Å²) in [4.78, 5) is 0. The van der Waals surface area contributed by atoms with E-state index in [1.807, 2.05) is 39.0 Å². The smallest absolute Gasteiger partial charge is 0.261 e. The quantitative estimate of drug-likeness (QED) is 0.570. The zero-order chi connectivity index (χ0) is 22.5. The Kier molecular flexibility index (Phi) is 5.55. The highest BCUT2D eigenvalue weighted by atomic mass is 28.4. The van der Waals surface area contributed by atoms with Crippen molar-refractivity contribution < 1.29 is 19.0 Å². The molecule has 1 saturated heterocycles. The van der Waals surface area contributed by atoms with E-state index in [0.29, 0.717) is 6.61 Å². The monoisotopic (exact) mass is 438 g/mol. The summed E-state index contributed by atoms with van der Waals surface area (Å²) in [6.07, 6.45) is 1.32. The fourth-order valence-corrected chi connectivity index (χ4v) is 9.57. The first-order valence-electron chi connectivity index (χ1n) is 11.0. The Labute approximate surface area is 187 Å². The topological polar surface area (TPSA) is 47.9 Å². The van der Waals surface area contributed by atoms with E-state index in [9.17, 15) is 5.11 Å². The molecule has 0 radical (unpaired) electrons. The van der Waals surface area contributed by atoms with Gasteiger partial charge in [0, 0.05) is 0 Å². The molecule has 1 aliphatic heterocycles. The summed E-state index contributed by atoms with van der Waals surface area (Å²) in [5.74, 6) is -0.694. The van der Waals surface area contributed by atoms with E-state index in [1.54, 1.807) is 0 Å². The van der Waals surface area contributed by atoms with Crippen LogP contribution < -0.4 is 10.4 Å². The van der Waals surface area contributed by atoms with Gasteiger partial charge in [0.15, 0.2) is 5.79 Å². The van der Waals surface area contributed by atoms with Gasteiger partial charge in [0.05, 0.1) is 6.61 Å². The number of rotatable bonds is 5. The third-order valence-electron chi connectivity index (χ3n) is 6.56. The number of aliphatic hydroxyl groups is 1. The van der Waals surface area contributed by atoms with Crippen molar-refractivity contribution in [1.29, 1.82) is 0 Å². The highest BCUT2D eigenvalue weighted by Gasteiger charge is 2.56. The minimum atomic E-state index is -2.68. The van der Waals surface area contributed by atoms with Crippen LogP contribution in [0.1, 0.15) is 41.5 Å². The van der Waals surface area contributed by atoms with Crippen molar-refractivity contribution >= 4 is 18.7 Å². The Hall–Kier alpha value is -1.76. The maximum absolute atomic E-state index is 11.4. The summed E-state index contributed by atoms with van der Waals surface area (Å²) >= 11 is 0. The van der Waals surface area contributed by atoms with E-state index in [0.717, 1.165) is 5.57 Å². The lowest BCUT2D eigenvalue weighted by molar-refractivity contribution is -0.164. The van der Waals surface area contributed by atoms with Crippen LogP contribution in [0.3, 0.4) is 0 Å².